The number of halogens is 2. The average Bonchev–Trinajstić information content (AvgIpc) is 3.03. The van der Waals surface area contributed by atoms with Crippen molar-refractivity contribution in [2.24, 2.45) is 0 Å². The van der Waals surface area contributed by atoms with Gasteiger partial charge >= 0.3 is 0 Å². The van der Waals surface area contributed by atoms with Gasteiger partial charge in [-0.1, -0.05) is 21.1 Å². The SMILES string of the molecule is COc1ccc(-c2noc(COc3ccc(Br)cc3F)n2)cc1. The molecule has 7 heteroatoms. The monoisotopic (exact) mass is 378 g/mol. The van der Waals surface area contributed by atoms with Gasteiger partial charge in [-0.2, -0.15) is 4.98 Å². The predicted octanol–water partition coefficient (Wildman–Crippen LogP) is 4.23. The number of nitrogens with zero attached hydrogens (tertiary/aromatic N) is 2. The highest BCUT2D eigenvalue weighted by atomic mass is 79.9. The minimum atomic E-state index is -0.464. The molecule has 5 nitrogen and oxygen atoms in total. The normalized spacial score (nSPS) is 10.6. The molecular formula is C16H12BrFN2O3. The number of rotatable bonds is 5. The van der Waals surface area contributed by atoms with Crippen molar-refractivity contribution in [1.82, 2.24) is 10.1 Å². The maximum atomic E-state index is 13.7. The molecule has 1 heterocycles. The highest BCUT2D eigenvalue weighted by Gasteiger charge is 2.11. The lowest BCUT2D eigenvalue weighted by Gasteiger charge is -2.04. The number of benzene rings is 2. The molecule has 3 aromatic rings. The molecule has 0 saturated carbocycles. The second-order valence-corrected chi connectivity index (χ2v) is 5.52. The van der Waals surface area contributed by atoms with Gasteiger partial charge in [0, 0.05) is 10.0 Å². The molecule has 3 rings (SSSR count). The second-order valence-electron chi connectivity index (χ2n) is 4.60. The predicted molar refractivity (Wildman–Crippen MR) is 84.7 cm³/mol. The highest BCUT2D eigenvalue weighted by molar-refractivity contribution is 9.10. The van der Waals surface area contributed by atoms with E-state index >= 15 is 0 Å². The van der Waals surface area contributed by atoms with Gasteiger partial charge in [0.25, 0.3) is 5.89 Å². The van der Waals surface area contributed by atoms with Crippen LogP contribution in [0, 0.1) is 5.82 Å². The van der Waals surface area contributed by atoms with Crippen molar-refractivity contribution >= 4 is 15.9 Å². The van der Waals surface area contributed by atoms with Crippen molar-refractivity contribution in [1.29, 1.82) is 0 Å². The lowest BCUT2D eigenvalue weighted by Crippen LogP contribution is -1.97. The lowest BCUT2D eigenvalue weighted by atomic mass is 10.2. The summed E-state index contributed by atoms with van der Waals surface area (Å²) in [6.07, 6.45) is 0. The van der Waals surface area contributed by atoms with Crippen molar-refractivity contribution < 1.29 is 18.4 Å². The maximum absolute atomic E-state index is 13.7. The van der Waals surface area contributed by atoms with Crippen LogP contribution in [0.25, 0.3) is 11.4 Å². The fourth-order valence-electron chi connectivity index (χ4n) is 1.90. The number of ether oxygens (including phenoxy) is 2. The van der Waals surface area contributed by atoms with Crippen LogP contribution in [0.1, 0.15) is 5.89 Å². The zero-order chi connectivity index (χ0) is 16.2. The maximum Gasteiger partial charge on any atom is 0.264 e. The summed E-state index contributed by atoms with van der Waals surface area (Å²) in [7, 11) is 1.60. The molecule has 0 bridgehead atoms. The molecule has 0 amide bonds. The molecule has 23 heavy (non-hydrogen) atoms. The van der Waals surface area contributed by atoms with Crippen LogP contribution in [0.3, 0.4) is 0 Å². The van der Waals surface area contributed by atoms with Crippen LogP contribution in [0.2, 0.25) is 0 Å². The quantitative estimate of drug-likeness (QED) is 0.664. The Balaban J connectivity index is 1.69. The van der Waals surface area contributed by atoms with Gasteiger partial charge in [0.2, 0.25) is 5.82 Å². The lowest BCUT2D eigenvalue weighted by molar-refractivity contribution is 0.234. The van der Waals surface area contributed by atoms with Gasteiger partial charge in [0.1, 0.15) is 5.75 Å². The standard InChI is InChI=1S/C16H12BrFN2O3/c1-21-12-5-2-10(3-6-12)16-19-15(23-20-16)9-22-14-7-4-11(17)8-13(14)18/h2-8H,9H2,1H3. The van der Waals surface area contributed by atoms with Crippen LogP contribution < -0.4 is 9.47 Å². The van der Waals surface area contributed by atoms with Crippen molar-refractivity contribution in [2.75, 3.05) is 7.11 Å². The third kappa shape index (κ3) is 3.68. The zero-order valence-corrected chi connectivity index (χ0v) is 13.7. The molecule has 118 valence electrons. The van der Waals surface area contributed by atoms with E-state index in [0.29, 0.717) is 10.3 Å². The van der Waals surface area contributed by atoms with Crippen molar-refractivity contribution in [2.45, 2.75) is 6.61 Å². The molecule has 0 aliphatic heterocycles. The van der Waals surface area contributed by atoms with E-state index in [4.69, 9.17) is 14.0 Å². The van der Waals surface area contributed by atoms with Crippen LogP contribution in [0.15, 0.2) is 51.5 Å². The summed E-state index contributed by atoms with van der Waals surface area (Å²) in [5.41, 5.74) is 0.788. The molecule has 0 aliphatic carbocycles. The third-order valence-corrected chi connectivity index (χ3v) is 3.55. The average molecular weight is 379 g/mol. The number of hydrogen-bond donors (Lipinski definition) is 0. The summed E-state index contributed by atoms with van der Waals surface area (Å²) in [4.78, 5) is 4.22. The van der Waals surface area contributed by atoms with E-state index in [1.54, 1.807) is 25.3 Å². The fourth-order valence-corrected chi connectivity index (χ4v) is 2.24. The molecular weight excluding hydrogens is 367 g/mol. The Bertz CT molecular complexity index is 805. The second kappa shape index (κ2) is 6.78. The summed E-state index contributed by atoms with van der Waals surface area (Å²) >= 11 is 3.19. The van der Waals surface area contributed by atoms with E-state index in [1.807, 2.05) is 12.1 Å². The smallest absolute Gasteiger partial charge is 0.264 e. The first kappa shape index (κ1) is 15.5. The van der Waals surface area contributed by atoms with E-state index in [0.717, 1.165) is 11.3 Å². The van der Waals surface area contributed by atoms with Gasteiger partial charge in [-0.25, -0.2) is 4.39 Å². The van der Waals surface area contributed by atoms with Gasteiger partial charge in [0.05, 0.1) is 7.11 Å². The Morgan fingerprint density at radius 2 is 1.96 bits per heavy atom. The van der Waals surface area contributed by atoms with Gasteiger partial charge in [-0.15, -0.1) is 0 Å². The summed E-state index contributed by atoms with van der Waals surface area (Å²) in [5.74, 6) is 1.10. The minimum Gasteiger partial charge on any atom is -0.497 e. The first-order valence-electron chi connectivity index (χ1n) is 6.70. The zero-order valence-electron chi connectivity index (χ0n) is 12.1. The topological polar surface area (TPSA) is 57.4 Å². The van der Waals surface area contributed by atoms with E-state index < -0.39 is 5.82 Å². The molecule has 2 aromatic carbocycles. The first-order chi connectivity index (χ1) is 11.2. The van der Waals surface area contributed by atoms with E-state index in [9.17, 15) is 4.39 Å². The molecule has 0 saturated heterocycles. The Hall–Kier alpha value is -2.41. The van der Waals surface area contributed by atoms with Gasteiger partial charge in [-0.3, -0.25) is 0 Å². The number of hydrogen-bond acceptors (Lipinski definition) is 5. The Labute approximate surface area is 140 Å². The molecule has 0 N–H and O–H groups in total. The van der Waals surface area contributed by atoms with Gasteiger partial charge < -0.3 is 14.0 Å². The fraction of sp³-hybridized carbons (Fsp3) is 0.125. The molecule has 0 unspecified atom stereocenters. The minimum absolute atomic E-state index is 0.0122. The largest absolute Gasteiger partial charge is 0.497 e. The third-order valence-electron chi connectivity index (χ3n) is 3.06. The molecule has 0 radical (unpaired) electrons. The molecule has 0 atom stereocenters. The van der Waals surface area contributed by atoms with Crippen molar-refractivity contribution in [3.8, 4) is 22.9 Å². The highest BCUT2D eigenvalue weighted by Crippen LogP contribution is 2.23. The summed E-state index contributed by atoms with van der Waals surface area (Å²) < 4.78 is 29.9. The van der Waals surface area contributed by atoms with Crippen molar-refractivity contribution in [3.05, 3.63) is 58.6 Å². The van der Waals surface area contributed by atoms with E-state index in [2.05, 4.69) is 26.1 Å². The number of aromatic nitrogens is 2. The van der Waals surface area contributed by atoms with E-state index in [-0.39, 0.29) is 18.2 Å². The first-order valence-corrected chi connectivity index (χ1v) is 7.50. The van der Waals surface area contributed by atoms with Crippen LogP contribution in [-0.4, -0.2) is 17.3 Å². The summed E-state index contributed by atoms with van der Waals surface area (Å²) in [5, 5.41) is 3.88. The molecule has 1 aromatic heterocycles. The summed E-state index contributed by atoms with van der Waals surface area (Å²) in [6.45, 7) is -0.0122. The van der Waals surface area contributed by atoms with Crippen molar-refractivity contribution in [3.63, 3.8) is 0 Å². The molecule has 0 spiro atoms. The Kier molecular flexibility index (Phi) is 4.57. The Morgan fingerprint density at radius 1 is 1.17 bits per heavy atom. The summed E-state index contributed by atoms with van der Waals surface area (Å²) in [6, 6.07) is 11.8. The number of methoxy groups -OCH3 is 1. The molecule has 0 fully saturated rings. The van der Waals surface area contributed by atoms with Crippen LogP contribution >= 0.6 is 15.9 Å². The van der Waals surface area contributed by atoms with Gasteiger partial charge in [-0.05, 0) is 42.5 Å². The van der Waals surface area contributed by atoms with Gasteiger partial charge in [0.15, 0.2) is 18.2 Å². The molecule has 0 aliphatic rings. The van der Waals surface area contributed by atoms with Crippen LogP contribution in [0.5, 0.6) is 11.5 Å². The van der Waals surface area contributed by atoms with Crippen LogP contribution in [-0.2, 0) is 6.61 Å². The van der Waals surface area contributed by atoms with Crippen LogP contribution in [0.4, 0.5) is 4.39 Å². The van der Waals surface area contributed by atoms with E-state index in [1.165, 1.54) is 12.1 Å². The Morgan fingerprint density at radius 3 is 2.65 bits per heavy atom.